The maximum atomic E-state index is 13.5. The van der Waals surface area contributed by atoms with E-state index in [1.54, 1.807) is 6.08 Å². The van der Waals surface area contributed by atoms with Crippen LogP contribution in [0.1, 0.15) is 361 Å². The molecule has 0 aromatic heterocycles. The molecule has 0 spiro atoms. The molecule has 3 saturated heterocycles. The highest BCUT2D eigenvalue weighted by molar-refractivity contribution is 5.76. The molecule has 1 amide bonds. The van der Waals surface area contributed by atoms with Crippen molar-refractivity contribution in [1.82, 2.24) is 5.32 Å². The first kappa shape index (κ1) is 95.2. The van der Waals surface area contributed by atoms with Crippen LogP contribution >= 0.6 is 0 Å². The van der Waals surface area contributed by atoms with Crippen molar-refractivity contribution in [2.45, 2.75) is 465 Å². The molecule has 19 nitrogen and oxygen atoms in total. The molecule has 0 aliphatic carbocycles. The zero-order chi connectivity index (χ0) is 74.6. The Labute approximate surface area is 625 Å². The molecule has 0 aromatic rings. The third kappa shape index (κ3) is 44.5. The minimum Gasteiger partial charge on any atom is -0.394 e. The minimum atomic E-state index is -1.98. The monoisotopic (exact) mass is 1470 g/mol. The average Bonchev–Trinajstić information content (AvgIpc) is 0.782. The highest BCUT2D eigenvalue weighted by Gasteiger charge is 2.54. The molecule has 0 bridgehead atoms. The fourth-order valence-electron chi connectivity index (χ4n) is 14.6. The fraction of sp³-hybridized carbons (Fsp3) is 0.917. The van der Waals surface area contributed by atoms with Crippen molar-refractivity contribution in [3.05, 3.63) is 36.5 Å². The summed E-state index contributed by atoms with van der Waals surface area (Å²) in [6, 6.07) is -0.971. The topological polar surface area (TPSA) is 307 Å². The van der Waals surface area contributed by atoms with E-state index in [1.807, 2.05) is 6.08 Å². The second-order valence-corrected chi connectivity index (χ2v) is 30.6. The smallest absolute Gasteiger partial charge is 0.220 e. The van der Waals surface area contributed by atoms with Crippen molar-refractivity contribution >= 4 is 5.91 Å². The lowest BCUT2D eigenvalue weighted by molar-refractivity contribution is -0.379. The van der Waals surface area contributed by atoms with Crippen molar-refractivity contribution < 1.29 is 89.4 Å². The van der Waals surface area contributed by atoms with Crippen LogP contribution in [0, 0.1) is 0 Å². The number of unbranched alkanes of at least 4 members (excludes halogenated alkanes) is 49. The van der Waals surface area contributed by atoms with Gasteiger partial charge in [0.15, 0.2) is 18.9 Å². The van der Waals surface area contributed by atoms with E-state index in [2.05, 4.69) is 43.5 Å². The van der Waals surface area contributed by atoms with Gasteiger partial charge in [-0.2, -0.15) is 0 Å². The summed E-state index contributed by atoms with van der Waals surface area (Å²) in [6.07, 6.45) is 54.5. The second-order valence-electron chi connectivity index (χ2n) is 30.6. The third-order valence-corrected chi connectivity index (χ3v) is 21.4. The Morgan fingerprint density at radius 2 is 0.641 bits per heavy atom. The molecule has 0 saturated carbocycles. The standard InChI is InChI=1S/C84H157NO18/c1-3-5-7-9-11-13-15-17-19-21-22-23-24-25-26-27-28-29-30-31-32-33-34-35-36-37-38-39-40-41-42-43-44-46-48-50-52-54-56-58-60-62-72(90)85-67(68(89)61-59-57-55-53-51-49-47-45-20-18-16-14-12-10-8-6-4-2)66-98-82-78(96)75(93)80(70(64-87)100-82)103-84-79(97)76(94)81(71(65-88)101-84)102-83-77(95)74(92)73(91)69(63-86)99-83/h15,17,21-22,59,61,67-71,73-84,86-89,91-97H,3-14,16,18-20,23-58,60,62-66H2,1-2H3,(H,85,90)/b17-15-,22-21-,61-59+. The van der Waals surface area contributed by atoms with Gasteiger partial charge in [0.25, 0.3) is 0 Å². The van der Waals surface area contributed by atoms with Gasteiger partial charge < -0.3 is 89.9 Å². The third-order valence-electron chi connectivity index (χ3n) is 21.4. The molecule has 0 radical (unpaired) electrons. The highest BCUT2D eigenvalue weighted by Crippen LogP contribution is 2.33. The Morgan fingerprint density at radius 3 is 0.990 bits per heavy atom. The Kier molecular flexibility index (Phi) is 59.9. The Morgan fingerprint density at radius 1 is 0.350 bits per heavy atom. The molecule has 0 aromatic carbocycles. The van der Waals surface area contributed by atoms with Gasteiger partial charge in [-0.25, -0.2) is 0 Å². The summed E-state index contributed by atoms with van der Waals surface area (Å²) in [5, 5.41) is 121. The van der Waals surface area contributed by atoms with Gasteiger partial charge in [-0.3, -0.25) is 4.79 Å². The van der Waals surface area contributed by atoms with Gasteiger partial charge in [0, 0.05) is 6.42 Å². The SMILES string of the molecule is CCCCCCC/C=C\C/C=C\CCCCCCCCCCCCCCCCCCCCCCCCCCCCCCCC(=O)NC(COC1OC(CO)C(OC2OC(CO)C(OC3OC(CO)C(O)C(O)C3O)C(O)C2O)C(O)C1O)C(O)/C=C/CCCCCCCCCCCCCCCCC. The lowest BCUT2D eigenvalue weighted by Gasteiger charge is -2.48. The maximum Gasteiger partial charge on any atom is 0.220 e. The summed E-state index contributed by atoms with van der Waals surface area (Å²) in [5.41, 5.74) is 0. The van der Waals surface area contributed by atoms with Crippen LogP contribution in [0.2, 0.25) is 0 Å². The number of nitrogens with one attached hydrogen (secondary N) is 1. The van der Waals surface area contributed by atoms with Crippen LogP contribution in [0.3, 0.4) is 0 Å². The van der Waals surface area contributed by atoms with Gasteiger partial charge in [0.2, 0.25) is 5.91 Å². The van der Waals surface area contributed by atoms with Gasteiger partial charge in [-0.15, -0.1) is 0 Å². The second kappa shape index (κ2) is 64.8. The summed E-state index contributed by atoms with van der Waals surface area (Å²) >= 11 is 0. The molecule has 3 rings (SSSR count). The number of rotatable bonds is 69. The quantitative estimate of drug-likeness (QED) is 0.0199. The number of carbonyl (C=O) groups is 1. The zero-order valence-electron chi connectivity index (χ0n) is 65.1. The average molecular weight is 1470 g/mol. The molecule has 12 N–H and O–H groups in total. The van der Waals surface area contributed by atoms with E-state index < -0.39 is 124 Å². The normalized spacial score (nSPS) is 26.2. The summed E-state index contributed by atoms with van der Waals surface area (Å²) < 4.78 is 34.4. The fourth-order valence-corrected chi connectivity index (χ4v) is 14.6. The largest absolute Gasteiger partial charge is 0.394 e. The predicted octanol–water partition coefficient (Wildman–Crippen LogP) is 15.1. The van der Waals surface area contributed by atoms with E-state index >= 15 is 0 Å². The molecule has 3 fully saturated rings. The number of amides is 1. The first-order chi connectivity index (χ1) is 50.3. The molecule has 606 valence electrons. The zero-order valence-corrected chi connectivity index (χ0v) is 65.1. The van der Waals surface area contributed by atoms with Crippen LogP contribution in [0.5, 0.6) is 0 Å². The van der Waals surface area contributed by atoms with Gasteiger partial charge >= 0.3 is 0 Å². The van der Waals surface area contributed by atoms with Crippen molar-refractivity contribution in [2.24, 2.45) is 0 Å². The highest BCUT2D eigenvalue weighted by atomic mass is 16.8. The molecule has 3 aliphatic heterocycles. The van der Waals surface area contributed by atoms with E-state index in [9.17, 15) is 61.0 Å². The number of hydrogen-bond acceptors (Lipinski definition) is 18. The number of ether oxygens (including phenoxy) is 6. The molecular formula is C84H157NO18. The van der Waals surface area contributed by atoms with Crippen LogP contribution in [0.15, 0.2) is 36.5 Å². The van der Waals surface area contributed by atoms with Crippen molar-refractivity contribution in [3.8, 4) is 0 Å². The van der Waals surface area contributed by atoms with Crippen LogP contribution in [-0.4, -0.2) is 193 Å². The van der Waals surface area contributed by atoms with Crippen molar-refractivity contribution in [1.29, 1.82) is 0 Å². The van der Waals surface area contributed by atoms with E-state index in [1.165, 1.54) is 283 Å². The summed E-state index contributed by atoms with van der Waals surface area (Å²) in [6.45, 7) is 1.77. The van der Waals surface area contributed by atoms with Gasteiger partial charge in [-0.05, 0) is 51.4 Å². The number of aliphatic hydroxyl groups is 11. The summed E-state index contributed by atoms with van der Waals surface area (Å²) in [5.74, 6) is -0.268. The van der Waals surface area contributed by atoms with E-state index in [0.717, 1.165) is 51.4 Å². The van der Waals surface area contributed by atoms with Gasteiger partial charge in [-0.1, -0.05) is 339 Å². The number of hydrogen-bond donors (Lipinski definition) is 12. The van der Waals surface area contributed by atoms with Crippen LogP contribution in [0.25, 0.3) is 0 Å². The molecule has 17 unspecified atom stereocenters. The Bertz CT molecular complexity index is 2000. The molecule has 103 heavy (non-hydrogen) atoms. The minimum absolute atomic E-state index is 0.248. The lowest BCUT2D eigenvalue weighted by Crippen LogP contribution is -2.66. The molecule has 3 heterocycles. The molecule has 17 atom stereocenters. The van der Waals surface area contributed by atoms with Gasteiger partial charge in [0.1, 0.15) is 73.2 Å². The molecular weight excluding hydrogens is 1310 g/mol. The molecule has 19 heteroatoms. The maximum absolute atomic E-state index is 13.5. The lowest BCUT2D eigenvalue weighted by atomic mass is 9.96. The Hall–Kier alpha value is -1.99. The van der Waals surface area contributed by atoms with E-state index in [-0.39, 0.29) is 18.9 Å². The van der Waals surface area contributed by atoms with Crippen molar-refractivity contribution in [2.75, 3.05) is 26.4 Å². The predicted molar refractivity (Wildman–Crippen MR) is 411 cm³/mol. The van der Waals surface area contributed by atoms with E-state index in [4.69, 9.17) is 28.4 Å². The van der Waals surface area contributed by atoms with Gasteiger partial charge in [0.05, 0.1) is 38.6 Å². The first-order valence-corrected chi connectivity index (χ1v) is 42.7. The van der Waals surface area contributed by atoms with Crippen LogP contribution in [0.4, 0.5) is 0 Å². The van der Waals surface area contributed by atoms with Crippen LogP contribution < -0.4 is 5.32 Å². The summed E-state index contributed by atoms with van der Waals surface area (Å²) in [4.78, 5) is 13.5. The summed E-state index contributed by atoms with van der Waals surface area (Å²) in [7, 11) is 0. The van der Waals surface area contributed by atoms with Crippen LogP contribution in [-0.2, 0) is 33.2 Å². The number of allylic oxidation sites excluding steroid dienone is 5. The molecule has 3 aliphatic rings. The number of carbonyl (C=O) groups excluding carboxylic acids is 1. The number of aliphatic hydroxyl groups excluding tert-OH is 11. The first-order valence-electron chi connectivity index (χ1n) is 42.7. The van der Waals surface area contributed by atoms with E-state index in [0.29, 0.717) is 6.42 Å². The Balaban J connectivity index is 1.27. The van der Waals surface area contributed by atoms with Crippen molar-refractivity contribution in [3.63, 3.8) is 0 Å².